The number of piperidine rings is 1. The fourth-order valence-corrected chi connectivity index (χ4v) is 5.94. The number of halogens is 2. The molecule has 4 rings (SSSR count). The Balaban J connectivity index is 1.37. The lowest BCUT2D eigenvalue weighted by Gasteiger charge is -2.31. The van der Waals surface area contributed by atoms with Crippen molar-refractivity contribution >= 4 is 49.9 Å². The Morgan fingerprint density at radius 1 is 0.969 bits per heavy atom. The van der Waals surface area contributed by atoms with Gasteiger partial charge in [-0.3, -0.25) is 4.79 Å². The molecule has 0 spiro atoms. The molecule has 168 valence electrons. The normalized spacial score (nSPS) is 17.4. The van der Waals surface area contributed by atoms with Gasteiger partial charge < -0.3 is 5.32 Å². The van der Waals surface area contributed by atoms with Gasteiger partial charge in [0, 0.05) is 19.6 Å². The van der Waals surface area contributed by atoms with Gasteiger partial charge in [0.2, 0.25) is 15.9 Å². The van der Waals surface area contributed by atoms with Crippen molar-refractivity contribution in [1.82, 2.24) is 9.62 Å². The Labute approximate surface area is 198 Å². The average molecular weight is 491 g/mol. The van der Waals surface area contributed by atoms with Crippen molar-refractivity contribution < 1.29 is 13.2 Å². The van der Waals surface area contributed by atoms with Crippen LogP contribution in [0.4, 0.5) is 0 Å². The third-order valence-corrected chi connectivity index (χ3v) is 8.32. The van der Waals surface area contributed by atoms with E-state index < -0.39 is 10.0 Å². The van der Waals surface area contributed by atoms with E-state index >= 15 is 0 Å². The summed E-state index contributed by atoms with van der Waals surface area (Å²) in [7, 11) is -3.57. The minimum atomic E-state index is -3.57. The van der Waals surface area contributed by atoms with Crippen molar-refractivity contribution in [2.75, 3.05) is 13.1 Å². The van der Waals surface area contributed by atoms with Crippen molar-refractivity contribution in [3.05, 3.63) is 81.8 Å². The summed E-state index contributed by atoms with van der Waals surface area (Å²) < 4.78 is 27.3. The molecule has 1 saturated heterocycles. The van der Waals surface area contributed by atoms with Crippen LogP contribution >= 0.6 is 23.2 Å². The zero-order valence-corrected chi connectivity index (χ0v) is 19.8. The lowest BCUT2D eigenvalue weighted by atomic mass is 9.98. The van der Waals surface area contributed by atoms with E-state index in [1.807, 2.05) is 36.4 Å². The fourth-order valence-electron chi connectivity index (χ4n) is 4.02. The second-order valence-electron chi connectivity index (χ2n) is 8.10. The van der Waals surface area contributed by atoms with Gasteiger partial charge >= 0.3 is 0 Å². The highest BCUT2D eigenvalue weighted by atomic mass is 35.5. The van der Waals surface area contributed by atoms with Crippen molar-refractivity contribution in [3.63, 3.8) is 0 Å². The van der Waals surface area contributed by atoms with Crippen LogP contribution in [0.3, 0.4) is 0 Å². The Morgan fingerprint density at radius 2 is 1.72 bits per heavy atom. The number of nitrogens with one attached hydrogen (secondary N) is 1. The lowest BCUT2D eigenvalue weighted by Crippen LogP contribution is -2.45. The van der Waals surface area contributed by atoms with E-state index in [1.165, 1.54) is 4.31 Å². The van der Waals surface area contributed by atoms with E-state index in [0.717, 1.165) is 16.3 Å². The number of sulfonamides is 1. The van der Waals surface area contributed by atoms with E-state index in [2.05, 4.69) is 11.4 Å². The Kier molecular flexibility index (Phi) is 7.05. The number of nitrogens with zero attached hydrogens (tertiary/aromatic N) is 1. The molecule has 5 nitrogen and oxygen atoms in total. The number of rotatable bonds is 6. The van der Waals surface area contributed by atoms with Crippen LogP contribution in [0.2, 0.25) is 10.0 Å². The van der Waals surface area contributed by atoms with Crippen molar-refractivity contribution in [1.29, 1.82) is 0 Å². The summed E-state index contributed by atoms with van der Waals surface area (Å²) in [5.41, 5.74) is 1.58. The molecule has 1 aliphatic rings. The zero-order chi connectivity index (χ0) is 22.7. The highest BCUT2D eigenvalue weighted by molar-refractivity contribution is 7.88. The van der Waals surface area contributed by atoms with Crippen LogP contribution in [0.5, 0.6) is 0 Å². The predicted octanol–water partition coefficient (Wildman–Crippen LogP) is 5.00. The molecule has 0 unspecified atom stereocenters. The van der Waals surface area contributed by atoms with Gasteiger partial charge in [-0.1, -0.05) is 65.7 Å². The Bertz CT molecular complexity index is 1250. The van der Waals surface area contributed by atoms with E-state index in [-0.39, 0.29) is 24.1 Å². The number of hydrogen-bond acceptors (Lipinski definition) is 3. The van der Waals surface area contributed by atoms with Crippen LogP contribution < -0.4 is 5.32 Å². The molecule has 32 heavy (non-hydrogen) atoms. The van der Waals surface area contributed by atoms with Crippen LogP contribution in [0.15, 0.2) is 60.7 Å². The molecule has 1 amide bonds. The standard InChI is InChI=1S/C24H24Cl2N2O3S/c25-22-10-8-18(13-23(22)26)16-32(30,31)28-11-3-6-21(15-28)24(29)27-14-17-7-9-19-4-1-2-5-20(19)12-17/h1-2,4-5,7-10,12-13,21H,3,6,11,14-16H2,(H,27,29)/t21-/m1/s1. The maximum absolute atomic E-state index is 12.9. The molecule has 1 heterocycles. The van der Waals surface area contributed by atoms with E-state index in [1.54, 1.807) is 18.2 Å². The molecule has 1 N–H and O–H groups in total. The molecule has 0 bridgehead atoms. The lowest BCUT2D eigenvalue weighted by molar-refractivity contribution is -0.126. The molecule has 8 heteroatoms. The third-order valence-electron chi connectivity index (χ3n) is 5.76. The number of benzene rings is 3. The van der Waals surface area contributed by atoms with Gasteiger partial charge in [-0.15, -0.1) is 0 Å². The summed E-state index contributed by atoms with van der Waals surface area (Å²) in [6, 6.07) is 19.0. The molecule has 0 radical (unpaired) electrons. The minimum Gasteiger partial charge on any atom is -0.352 e. The molecule has 0 saturated carbocycles. The van der Waals surface area contributed by atoms with Crippen LogP contribution in [-0.4, -0.2) is 31.7 Å². The number of hydrogen-bond donors (Lipinski definition) is 1. The highest BCUT2D eigenvalue weighted by Gasteiger charge is 2.32. The van der Waals surface area contributed by atoms with E-state index in [4.69, 9.17) is 23.2 Å². The summed E-state index contributed by atoms with van der Waals surface area (Å²) in [5, 5.41) is 5.95. The number of carbonyl (C=O) groups is 1. The molecule has 0 aliphatic carbocycles. The van der Waals surface area contributed by atoms with Crippen molar-refractivity contribution in [3.8, 4) is 0 Å². The SMILES string of the molecule is O=C(NCc1ccc2ccccc2c1)[C@@H]1CCCN(S(=O)(=O)Cc2ccc(Cl)c(Cl)c2)C1. The van der Waals surface area contributed by atoms with E-state index in [9.17, 15) is 13.2 Å². The second kappa shape index (κ2) is 9.79. The summed E-state index contributed by atoms with van der Waals surface area (Å²) in [6.07, 6.45) is 1.32. The Hall–Kier alpha value is -2.12. The summed E-state index contributed by atoms with van der Waals surface area (Å²) in [6.45, 7) is 1.02. The molecule has 3 aromatic carbocycles. The fraction of sp³-hybridized carbons (Fsp3) is 0.292. The van der Waals surface area contributed by atoms with Gasteiger partial charge in [0.25, 0.3) is 0 Å². The minimum absolute atomic E-state index is 0.118. The first-order valence-corrected chi connectivity index (χ1v) is 12.9. The van der Waals surface area contributed by atoms with Crippen molar-refractivity contribution in [2.24, 2.45) is 5.92 Å². The summed E-state index contributed by atoms with van der Waals surface area (Å²) in [5.74, 6) is -0.657. The first-order chi connectivity index (χ1) is 15.3. The van der Waals surface area contributed by atoms with Gasteiger partial charge in [-0.05, 0) is 52.9 Å². The van der Waals surface area contributed by atoms with Crippen LogP contribution in [0.1, 0.15) is 24.0 Å². The number of carbonyl (C=O) groups excluding carboxylic acids is 1. The third kappa shape index (κ3) is 5.44. The number of fused-ring (bicyclic) bond motifs is 1. The molecule has 0 aromatic heterocycles. The maximum Gasteiger partial charge on any atom is 0.224 e. The molecule has 3 aromatic rings. The largest absolute Gasteiger partial charge is 0.352 e. The summed E-state index contributed by atoms with van der Waals surface area (Å²) in [4.78, 5) is 12.8. The molecule has 1 atom stereocenters. The molecular formula is C24H24Cl2N2O3S. The van der Waals surface area contributed by atoms with Gasteiger partial charge in [-0.2, -0.15) is 0 Å². The summed E-state index contributed by atoms with van der Waals surface area (Å²) >= 11 is 11.9. The van der Waals surface area contributed by atoms with Gasteiger partial charge in [-0.25, -0.2) is 12.7 Å². The first-order valence-electron chi connectivity index (χ1n) is 10.5. The monoisotopic (exact) mass is 490 g/mol. The van der Waals surface area contributed by atoms with Crippen LogP contribution in [0.25, 0.3) is 10.8 Å². The number of amides is 1. The highest BCUT2D eigenvalue weighted by Crippen LogP contribution is 2.26. The Morgan fingerprint density at radius 3 is 2.50 bits per heavy atom. The molecule has 1 fully saturated rings. The second-order valence-corrected chi connectivity index (χ2v) is 10.9. The van der Waals surface area contributed by atoms with Crippen LogP contribution in [-0.2, 0) is 27.1 Å². The average Bonchev–Trinajstić information content (AvgIpc) is 2.79. The van der Waals surface area contributed by atoms with Crippen LogP contribution in [0, 0.1) is 5.92 Å². The smallest absolute Gasteiger partial charge is 0.224 e. The van der Waals surface area contributed by atoms with Gasteiger partial charge in [0.1, 0.15) is 0 Å². The van der Waals surface area contributed by atoms with Gasteiger partial charge in [0.15, 0.2) is 0 Å². The van der Waals surface area contributed by atoms with E-state index in [0.29, 0.717) is 41.5 Å². The van der Waals surface area contributed by atoms with Crippen molar-refractivity contribution in [2.45, 2.75) is 25.1 Å². The molecular weight excluding hydrogens is 467 g/mol. The predicted molar refractivity (Wildman–Crippen MR) is 129 cm³/mol. The quantitative estimate of drug-likeness (QED) is 0.528. The maximum atomic E-state index is 12.9. The topological polar surface area (TPSA) is 66.5 Å². The zero-order valence-electron chi connectivity index (χ0n) is 17.4. The van der Waals surface area contributed by atoms with Gasteiger partial charge in [0.05, 0.1) is 21.7 Å². The molecule has 1 aliphatic heterocycles. The first kappa shape index (κ1) is 23.1.